The number of H-pyrrole nitrogens is 2. The van der Waals surface area contributed by atoms with E-state index in [1.165, 1.54) is 18.3 Å². The van der Waals surface area contributed by atoms with Gasteiger partial charge in [0, 0.05) is 22.5 Å². The number of nitrogens with zero attached hydrogens (tertiary/aromatic N) is 3. The van der Waals surface area contributed by atoms with E-state index in [-0.39, 0.29) is 24.0 Å². The lowest BCUT2D eigenvalue weighted by molar-refractivity contribution is 0.0947. The molecule has 4 aromatic rings. The van der Waals surface area contributed by atoms with Gasteiger partial charge in [-0.2, -0.15) is 15.4 Å². The fourth-order valence-electron chi connectivity index (χ4n) is 2.54. The highest BCUT2D eigenvalue weighted by atomic mass is 19.1. The molecule has 0 aliphatic rings. The molecule has 0 fully saturated rings. The predicted octanol–water partition coefficient (Wildman–Crippen LogP) is 1.90. The van der Waals surface area contributed by atoms with Crippen molar-refractivity contribution in [1.29, 1.82) is 0 Å². The fourth-order valence-corrected chi connectivity index (χ4v) is 2.54. The minimum Gasteiger partial charge on any atom is -0.352 e. The van der Waals surface area contributed by atoms with Crippen LogP contribution in [0.25, 0.3) is 21.8 Å². The molecule has 8 heteroatoms. The Labute approximate surface area is 128 Å². The highest BCUT2D eigenvalue weighted by Crippen LogP contribution is 2.27. The number of pyridine rings is 1. The summed E-state index contributed by atoms with van der Waals surface area (Å²) in [5.41, 5.74) is 2.07. The van der Waals surface area contributed by atoms with E-state index in [1.807, 2.05) is 0 Å². The quantitative estimate of drug-likeness (QED) is 0.538. The Balaban J connectivity index is 1.74. The van der Waals surface area contributed by atoms with Crippen molar-refractivity contribution in [3.63, 3.8) is 0 Å². The Bertz CT molecular complexity index is 1010. The van der Waals surface area contributed by atoms with Crippen LogP contribution in [0.3, 0.4) is 0 Å². The molecule has 0 radical (unpaired) electrons. The number of carbonyl (C=O) groups excluding carboxylic acids is 1. The van der Waals surface area contributed by atoms with E-state index in [9.17, 15) is 9.18 Å². The number of hydrogen-bond acceptors (Lipinski definition) is 4. The number of amides is 1. The number of hydrogen-bond donors (Lipinski definition) is 3. The van der Waals surface area contributed by atoms with Crippen molar-refractivity contribution < 1.29 is 9.18 Å². The Hall–Kier alpha value is -3.29. The van der Waals surface area contributed by atoms with Crippen LogP contribution in [0.5, 0.6) is 0 Å². The van der Waals surface area contributed by atoms with Crippen molar-refractivity contribution in [2.75, 3.05) is 0 Å². The second-order valence-electron chi connectivity index (χ2n) is 5.04. The first-order chi connectivity index (χ1) is 11.2. The third-order valence-electron chi connectivity index (χ3n) is 3.59. The van der Waals surface area contributed by atoms with Crippen LogP contribution >= 0.6 is 0 Å². The van der Waals surface area contributed by atoms with Gasteiger partial charge in [-0.25, -0.2) is 9.37 Å². The predicted molar refractivity (Wildman–Crippen MR) is 81.1 cm³/mol. The number of halogens is 1. The van der Waals surface area contributed by atoms with E-state index in [1.54, 1.807) is 18.3 Å². The van der Waals surface area contributed by atoms with Crippen molar-refractivity contribution in [3.05, 3.63) is 53.9 Å². The molecule has 3 N–H and O–H groups in total. The van der Waals surface area contributed by atoms with Crippen LogP contribution in [0.1, 0.15) is 16.2 Å². The van der Waals surface area contributed by atoms with E-state index < -0.39 is 0 Å². The monoisotopic (exact) mass is 310 g/mol. The van der Waals surface area contributed by atoms with Crippen molar-refractivity contribution in [2.45, 2.75) is 6.54 Å². The summed E-state index contributed by atoms with van der Waals surface area (Å²) in [6, 6.07) is 6.26. The van der Waals surface area contributed by atoms with Gasteiger partial charge < -0.3 is 10.3 Å². The van der Waals surface area contributed by atoms with Gasteiger partial charge in [-0.05, 0) is 24.3 Å². The van der Waals surface area contributed by atoms with Crippen LogP contribution < -0.4 is 5.32 Å². The molecule has 0 spiro atoms. The van der Waals surface area contributed by atoms with Crippen LogP contribution in [0, 0.1) is 5.82 Å². The molecule has 0 atom stereocenters. The molecular formula is C15H11FN6O. The lowest BCUT2D eigenvalue weighted by atomic mass is 10.1. The van der Waals surface area contributed by atoms with Crippen LogP contribution in [0.2, 0.25) is 0 Å². The topological polar surface area (TPSA) is 99.3 Å². The molecular weight excluding hydrogens is 299 g/mol. The zero-order valence-corrected chi connectivity index (χ0v) is 11.8. The minimum absolute atomic E-state index is 0.238. The van der Waals surface area contributed by atoms with Gasteiger partial charge in [-0.3, -0.25) is 4.79 Å². The minimum atomic E-state index is -0.342. The molecule has 0 saturated heterocycles. The SMILES string of the molecule is O=C(NCc1cn[nH]n1)c1nccc2c1[nH]c1cc(F)ccc12. The summed E-state index contributed by atoms with van der Waals surface area (Å²) in [7, 11) is 0. The largest absolute Gasteiger partial charge is 0.352 e. The highest BCUT2D eigenvalue weighted by molar-refractivity contribution is 6.13. The highest BCUT2D eigenvalue weighted by Gasteiger charge is 2.15. The van der Waals surface area contributed by atoms with Crippen LogP contribution in [0.15, 0.2) is 36.7 Å². The van der Waals surface area contributed by atoms with E-state index >= 15 is 0 Å². The molecule has 0 bridgehead atoms. The van der Waals surface area contributed by atoms with Crippen molar-refractivity contribution in [1.82, 2.24) is 30.7 Å². The average molecular weight is 310 g/mol. The van der Waals surface area contributed by atoms with Gasteiger partial charge in [-0.15, -0.1) is 0 Å². The Kier molecular flexibility index (Phi) is 3.00. The molecule has 23 heavy (non-hydrogen) atoms. The number of carbonyl (C=O) groups is 1. The molecule has 3 heterocycles. The Morgan fingerprint density at radius 2 is 2.17 bits per heavy atom. The lowest BCUT2D eigenvalue weighted by Crippen LogP contribution is -2.24. The molecule has 114 valence electrons. The van der Waals surface area contributed by atoms with E-state index in [0.717, 1.165) is 10.8 Å². The van der Waals surface area contributed by atoms with Crippen LogP contribution in [-0.2, 0) is 6.54 Å². The van der Waals surface area contributed by atoms with Crippen molar-refractivity contribution >= 4 is 27.7 Å². The first-order valence-corrected chi connectivity index (χ1v) is 6.91. The second-order valence-corrected chi connectivity index (χ2v) is 5.04. The number of nitrogens with one attached hydrogen (secondary N) is 3. The van der Waals surface area contributed by atoms with Gasteiger partial charge in [0.1, 0.15) is 11.5 Å². The van der Waals surface area contributed by atoms with Crippen molar-refractivity contribution in [2.24, 2.45) is 0 Å². The first kappa shape index (κ1) is 13.4. The molecule has 1 aromatic carbocycles. The summed E-state index contributed by atoms with van der Waals surface area (Å²) in [6.07, 6.45) is 3.09. The zero-order chi connectivity index (χ0) is 15.8. The number of aromatic nitrogens is 5. The van der Waals surface area contributed by atoms with Gasteiger partial charge in [0.05, 0.1) is 18.3 Å². The van der Waals surface area contributed by atoms with E-state index in [2.05, 4.69) is 30.7 Å². The summed E-state index contributed by atoms with van der Waals surface area (Å²) >= 11 is 0. The van der Waals surface area contributed by atoms with Gasteiger partial charge in [0.25, 0.3) is 5.91 Å². The maximum Gasteiger partial charge on any atom is 0.272 e. The maximum absolute atomic E-state index is 13.4. The molecule has 0 saturated carbocycles. The molecule has 0 aliphatic carbocycles. The van der Waals surface area contributed by atoms with Gasteiger partial charge in [0.2, 0.25) is 0 Å². The third kappa shape index (κ3) is 2.30. The summed E-state index contributed by atoms with van der Waals surface area (Å²) in [5, 5.41) is 14.4. The molecule has 3 aromatic heterocycles. The standard InChI is InChI=1S/C15H11FN6O/c16-8-1-2-10-11-3-4-17-14(13(11)20-12(10)5-8)15(23)18-6-9-7-19-22-21-9/h1-5,7,20H,6H2,(H,18,23)(H,19,21,22). The zero-order valence-electron chi connectivity index (χ0n) is 11.8. The normalized spacial score (nSPS) is 11.2. The average Bonchev–Trinajstić information content (AvgIpc) is 3.18. The fraction of sp³-hybridized carbons (Fsp3) is 0.0667. The lowest BCUT2D eigenvalue weighted by Gasteiger charge is -2.03. The van der Waals surface area contributed by atoms with Gasteiger partial charge in [0.15, 0.2) is 5.69 Å². The molecule has 0 aliphatic heterocycles. The number of benzene rings is 1. The molecule has 7 nitrogen and oxygen atoms in total. The number of fused-ring (bicyclic) bond motifs is 3. The van der Waals surface area contributed by atoms with Gasteiger partial charge in [-0.1, -0.05) is 0 Å². The smallest absolute Gasteiger partial charge is 0.272 e. The summed E-state index contributed by atoms with van der Waals surface area (Å²) in [5.74, 6) is -0.681. The summed E-state index contributed by atoms with van der Waals surface area (Å²) < 4.78 is 13.4. The van der Waals surface area contributed by atoms with Crippen molar-refractivity contribution in [3.8, 4) is 0 Å². The van der Waals surface area contributed by atoms with E-state index in [4.69, 9.17) is 0 Å². The van der Waals surface area contributed by atoms with E-state index in [0.29, 0.717) is 16.7 Å². The Morgan fingerprint density at radius 3 is 3.00 bits per heavy atom. The van der Waals surface area contributed by atoms with Crippen LogP contribution in [-0.4, -0.2) is 31.3 Å². The second kappa shape index (κ2) is 5.16. The molecule has 1 amide bonds. The number of rotatable bonds is 3. The Morgan fingerprint density at radius 1 is 1.26 bits per heavy atom. The van der Waals surface area contributed by atoms with Gasteiger partial charge >= 0.3 is 0 Å². The molecule has 4 rings (SSSR count). The van der Waals surface area contributed by atoms with Crippen LogP contribution in [0.4, 0.5) is 4.39 Å². The number of aromatic amines is 2. The summed E-state index contributed by atoms with van der Waals surface area (Å²) in [6.45, 7) is 0.238. The maximum atomic E-state index is 13.4. The third-order valence-corrected chi connectivity index (χ3v) is 3.59. The summed E-state index contributed by atoms with van der Waals surface area (Å²) in [4.78, 5) is 19.6. The molecule has 0 unspecified atom stereocenters. The first-order valence-electron chi connectivity index (χ1n) is 6.91.